The summed E-state index contributed by atoms with van der Waals surface area (Å²) in [5, 5.41) is 0. The van der Waals surface area contributed by atoms with Crippen LogP contribution in [0.2, 0.25) is 0 Å². The molecule has 152 valence electrons. The number of amides is 1. The Morgan fingerprint density at radius 1 is 1.41 bits per heavy atom. The quantitative estimate of drug-likeness (QED) is 0.626. The lowest BCUT2D eigenvalue weighted by Crippen LogP contribution is -2.43. The summed E-state index contributed by atoms with van der Waals surface area (Å²) in [5.41, 5.74) is 0.621. The number of hydrogen-bond donors (Lipinski definition) is 0. The van der Waals surface area contributed by atoms with Gasteiger partial charge in [0.25, 0.3) is 0 Å². The summed E-state index contributed by atoms with van der Waals surface area (Å²) < 4.78 is 5.72. The zero-order chi connectivity index (χ0) is 20.0. The van der Waals surface area contributed by atoms with Crippen molar-refractivity contribution in [3.8, 4) is 0 Å². The zero-order valence-corrected chi connectivity index (χ0v) is 18.0. The minimum atomic E-state index is -0.530. The number of likely N-dealkylation sites (tertiary alicyclic amines) is 1. The molecule has 1 aromatic heterocycles. The van der Waals surface area contributed by atoms with Crippen molar-refractivity contribution < 1.29 is 9.53 Å². The Bertz CT molecular complexity index is 612. The van der Waals surface area contributed by atoms with Crippen LogP contribution in [-0.2, 0) is 4.74 Å². The van der Waals surface area contributed by atoms with E-state index >= 15 is 0 Å². The Hall–Kier alpha value is -1.62. The lowest BCUT2D eigenvalue weighted by atomic mass is 10.0. The molecule has 1 aliphatic heterocycles. The maximum atomic E-state index is 13.0. The molecule has 27 heavy (non-hydrogen) atoms. The van der Waals surface area contributed by atoms with Crippen molar-refractivity contribution in [2.24, 2.45) is 0 Å². The van der Waals surface area contributed by atoms with Crippen molar-refractivity contribution in [3.63, 3.8) is 0 Å². The van der Waals surface area contributed by atoms with Gasteiger partial charge in [-0.1, -0.05) is 26.3 Å². The third-order valence-corrected chi connectivity index (χ3v) is 5.19. The van der Waals surface area contributed by atoms with Crippen molar-refractivity contribution in [1.82, 2.24) is 9.88 Å². The molecular formula is C22H37N3O2. The third kappa shape index (κ3) is 5.68. The number of unbranched alkanes of at least 4 members (excludes halogenated alkanes) is 1. The molecule has 2 heterocycles. The molecule has 2 rings (SSSR count). The topological polar surface area (TPSA) is 45.7 Å². The molecule has 0 bridgehead atoms. The Morgan fingerprint density at radius 2 is 2.15 bits per heavy atom. The second-order valence-electron chi connectivity index (χ2n) is 8.57. The molecular weight excluding hydrogens is 338 g/mol. The van der Waals surface area contributed by atoms with E-state index in [9.17, 15) is 4.79 Å². The van der Waals surface area contributed by atoms with Crippen LogP contribution in [0.25, 0.3) is 0 Å². The molecule has 1 saturated heterocycles. The van der Waals surface area contributed by atoms with E-state index in [1.165, 1.54) is 19.3 Å². The highest BCUT2D eigenvalue weighted by atomic mass is 16.6. The van der Waals surface area contributed by atoms with Crippen molar-refractivity contribution in [2.75, 3.05) is 18.0 Å². The first-order valence-electron chi connectivity index (χ1n) is 10.5. The molecule has 0 radical (unpaired) electrons. The first kappa shape index (κ1) is 21.7. The van der Waals surface area contributed by atoms with Gasteiger partial charge in [0.1, 0.15) is 11.4 Å². The van der Waals surface area contributed by atoms with Crippen LogP contribution in [0.3, 0.4) is 0 Å². The molecule has 0 unspecified atom stereocenters. The molecule has 5 nitrogen and oxygen atoms in total. The zero-order valence-electron chi connectivity index (χ0n) is 18.0. The molecule has 0 spiro atoms. The fraction of sp³-hybridized carbons (Fsp3) is 0.727. The van der Waals surface area contributed by atoms with E-state index in [1.807, 2.05) is 26.8 Å². The molecule has 0 aromatic carbocycles. The van der Waals surface area contributed by atoms with E-state index in [-0.39, 0.29) is 12.1 Å². The Kier molecular flexibility index (Phi) is 7.66. The van der Waals surface area contributed by atoms with Crippen LogP contribution in [0.5, 0.6) is 0 Å². The third-order valence-electron chi connectivity index (χ3n) is 5.19. The summed E-state index contributed by atoms with van der Waals surface area (Å²) in [6.07, 6.45) is 7.02. The summed E-state index contributed by atoms with van der Waals surface area (Å²) in [4.78, 5) is 22.0. The number of aromatic nitrogens is 1. The van der Waals surface area contributed by atoms with Crippen LogP contribution in [0.1, 0.15) is 85.3 Å². The van der Waals surface area contributed by atoms with Gasteiger partial charge in [-0.3, -0.25) is 9.80 Å². The number of ether oxygens (including phenoxy) is 1. The van der Waals surface area contributed by atoms with E-state index in [0.29, 0.717) is 6.04 Å². The van der Waals surface area contributed by atoms with Gasteiger partial charge in [-0.2, -0.15) is 0 Å². The number of carbonyl (C=O) groups excluding carboxylic acids is 1. The van der Waals surface area contributed by atoms with Gasteiger partial charge >= 0.3 is 6.09 Å². The van der Waals surface area contributed by atoms with Crippen LogP contribution in [0.15, 0.2) is 18.3 Å². The number of pyridine rings is 1. The van der Waals surface area contributed by atoms with Gasteiger partial charge in [0.15, 0.2) is 0 Å². The molecule has 1 aromatic rings. The fourth-order valence-electron chi connectivity index (χ4n) is 3.65. The second kappa shape index (κ2) is 9.54. The van der Waals surface area contributed by atoms with E-state index in [0.717, 1.165) is 37.3 Å². The van der Waals surface area contributed by atoms with Crippen LogP contribution in [0, 0.1) is 0 Å². The minimum absolute atomic E-state index is 0.0268. The van der Waals surface area contributed by atoms with E-state index in [1.54, 1.807) is 11.1 Å². The highest BCUT2D eigenvalue weighted by molar-refractivity contribution is 5.88. The van der Waals surface area contributed by atoms with Gasteiger partial charge in [0.2, 0.25) is 0 Å². The summed E-state index contributed by atoms with van der Waals surface area (Å²) in [6, 6.07) is 4.48. The largest absolute Gasteiger partial charge is 0.443 e. The smallest absolute Gasteiger partial charge is 0.416 e. The summed E-state index contributed by atoms with van der Waals surface area (Å²) in [5.74, 6) is 0.759. The number of rotatable bonds is 7. The van der Waals surface area contributed by atoms with Crippen molar-refractivity contribution >= 4 is 11.9 Å². The average Bonchev–Trinajstić information content (AvgIpc) is 3.07. The Labute approximate surface area is 165 Å². The predicted octanol–water partition coefficient (Wildman–Crippen LogP) is 5.56. The Balaban J connectivity index is 2.38. The first-order chi connectivity index (χ1) is 12.8. The lowest BCUT2D eigenvalue weighted by Gasteiger charge is -2.34. The molecule has 5 heteroatoms. The molecule has 0 aliphatic carbocycles. The molecule has 2 atom stereocenters. The van der Waals surface area contributed by atoms with Gasteiger partial charge in [-0.05, 0) is 72.5 Å². The summed E-state index contributed by atoms with van der Waals surface area (Å²) in [6.45, 7) is 14.3. The SMILES string of the molecule is CCCCN1CCC[C@@H]1c1cccnc1N(C(=O)OC(C)(C)C)[C@H](C)CC. The van der Waals surface area contributed by atoms with Gasteiger partial charge in [-0.25, -0.2) is 9.78 Å². The maximum Gasteiger partial charge on any atom is 0.416 e. The molecule has 1 amide bonds. The van der Waals surface area contributed by atoms with Crippen LogP contribution in [-0.4, -0.2) is 40.7 Å². The summed E-state index contributed by atoms with van der Waals surface area (Å²) in [7, 11) is 0. The molecule has 0 saturated carbocycles. The minimum Gasteiger partial charge on any atom is -0.443 e. The Morgan fingerprint density at radius 3 is 2.78 bits per heavy atom. The fourth-order valence-corrected chi connectivity index (χ4v) is 3.65. The van der Waals surface area contributed by atoms with Gasteiger partial charge < -0.3 is 4.74 Å². The van der Waals surface area contributed by atoms with E-state index < -0.39 is 5.60 Å². The van der Waals surface area contributed by atoms with E-state index in [4.69, 9.17) is 4.74 Å². The van der Waals surface area contributed by atoms with Crippen LogP contribution in [0.4, 0.5) is 10.6 Å². The van der Waals surface area contributed by atoms with Crippen molar-refractivity contribution in [3.05, 3.63) is 23.9 Å². The second-order valence-corrected chi connectivity index (χ2v) is 8.57. The monoisotopic (exact) mass is 375 g/mol. The number of anilines is 1. The number of nitrogens with zero attached hydrogens (tertiary/aromatic N) is 3. The molecule has 1 fully saturated rings. The van der Waals surface area contributed by atoms with Crippen LogP contribution >= 0.6 is 0 Å². The highest BCUT2D eigenvalue weighted by Crippen LogP contribution is 2.37. The summed E-state index contributed by atoms with van der Waals surface area (Å²) >= 11 is 0. The van der Waals surface area contributed by atoms with Crippen molar-refractivity contribution in [2.45, 2.75) is 91.3 Å². The molecule has 1 aliphatic rings. The average molecular weight is 376 g/mol. The number of hydrogen-bond acceptors (Lipinski definition) is 4. The number of carbonyl (C=O) groups is 1. The first-order valence-corrected chi connectivity index (χ1v) is 10.5. The van der Waals surface area contributed by atoms with Gasteiger partial charge in [0.05, 0.1) is 0 Å². The molecule has 0 N–H and O–H groups in total. The standard InChI is InChI=1S/C22H37N3O2/c1-7-9-15-24-16-11-13-19(24)18-12-10-14-23-20(18)25(17(3)8-2)21(26)27-22(4,5)6/h10,12,14,17,19H,7-9,11,13,15-16H2,1-6H3/t17-,19-/m1/s1. The highest BCUT2D eigenvalue weighted by Gasteiger charge is 2.34. The van der Waals surface area contributed by atoms with Gasteiger partial charge in [-0.15, -0.1) is 0 Å². The predicted molar refractivity (Wildman–Crippen MR) is 111 cm³/mol. The maximum absolute atomic E-state index is 13.0. The van der Waals surface area contributed by atoms with E-state index in [2.05, 4.69) is 36.7 Å². The van der Waals surface area contributed by atoms with Gasteiger partial charge in [0, 0.05) is 23.8 Å². The van der Waals surface area contributed by atoms with Crippen molar-refractivity contribution in [1.29, 1.82) is 0 Å². The van der Waals surface area contributed by atoms with Crippen LogP contribution < -0.4 is 4.90 Å². The lowest BCUT2D eigenvalue weighted by molar-refractivity contribution is 0.0565. The normalized spacial score (nSPS) is 19.1.